The van der Waals surface area contributed by atoms with Crippen molar-refractivity contribution < 1.29 is 145 Å². The summed E-state index contributed by atoms with van der Waals surface area (Å²) in [6.45, 7) is 12.0. The molecule has 0 saturated heterocycles. The molecule has 0 amide bonds. The summed E-state index contributed by atoms with van der Waals surface area (Å²) in [6.07, 6.45) is 0. The van der Waals surface area contributed by atoms with E-state index in [4.69, 9.17) is 37.9 Å². The van der Waals surface area contributed by atoms with E-state index < -0.39 is 89.1 Å². The van der Waals surface area contributed by atoms with Gasteiger partial charge in [-0.3, -0.25) is 0 Å². The topological polar surface area (TPSA) is 453 Å². The minimum atomic E-state index is -1.45. The van der Waals surface area contributed by atoms with Crippen LogP contribution in [-0.2, 0) is 88.4 Å². The molecule has 0 atom stereocenters. The molecule has 0 aliphatic heterocycles. The Morgan fingerprint density at radius 2 is 0.451 bits per heavy atom. The first-order chi connectivity index (χ1) is 63.3. The third-order valence-electron chi connectivity index (χ3n) is 19.7. The maximum atomic E-state index is 13.0. The van der Waals surface area contributed by atoms with E-state index >= 15 is 0 Å². The molecule has 133 heavy (non-hydrogen) atoms. The fourth-order valence-corrected chi connectivity index (χ4v) is 13.4. The van der Waals surface area contributed by atoms with Gasteiger partial charge in [0.25, 0.3) is 0 Å². The van der Waals surface area contributed by atoms with Crippen molar-refractivity contribution in [3.05, 3.63) is 389 Å². The maximum absolute atomic E-state index is 13.0. The van der Waals surface area contributed by atoms with E-state index in [9.17, 15) is 97.8 Å². The van der Waals surface area contributed by atoms with Crippen LogP contribution in [0, 0.1) is 0 Å². The Hall–Kier alpha value is -16.8. The highest BCUT2D eigenvalue weighted by Crippen LogP contribution is 2.35. The zero-order chi connectivity index (χ0) is 96.4. The molecule has 12 rings (SSSR count). The number of ether oxygens (including phenoxy) is 10. The number of benzene rings is 12. The number of carboxylic acid groups (broad SMARTS) is 6. The van der Waals surface area contributed by atoms with Crippen molar-refractivity contribution >= 4 is 95.3 Å². The van der Waals surface area contributed by atoms with Crippen LogP contribution in [0.1, 0.15) is 231 Å². The number of carbonyl (C=O) groups is 14. The summed E-state index contributed by atoms with van der Waals surface area (Å²) >= 11 is 1.10. The van der Waals surface area contributed by atoms with Crippen molar-refractivity contribution in [1.29, 1.82) is 0 Å². The van der Waals surface area contributed by atoms with Gasteiger partial charge in [-0.2, -0.15) is 0 Å². The van der Waals surface area contributed by atoms with Crippen LogP contribution in [0.5, 0.6) is 23.0 Å². The van der Waals surface area contributed by atoms with E-state index in [-0.39, 0.29) is 135 Å². The summed E-state index contributed by atoms with van der Waals surface area (Å²) in [5.41, 5.74) is 3.65. The Balaban J connectivity index is 0.000000208. The second-order valence-electron chi connectivity index (χ2n) is 31.1. The third kappa shape index (κ3) is 27.6. The van der Waals surface area contributed by atoms with Gasteiger partial charge in [0, 0.05) is 9.79 Å². The van der Waals surface area contributed by atoms with Gasteiger partial charge in [-0.05, 0) is 189 Å². The highest BCUT2D eigenvalue weighted by molar-refractivity contribution is 7.99. The predicted molar refractivity (Wildman–Crippen MR) is 478 cm³/mol. The molecule has 31 heteroatoms. The van der Waals surface area contributed by atoms with Crippen LogP contribution in [0.25, 0.3) is 0 Å². The minimum absolute atomic E-state index is 0.00565. The molecule has 0 saturated carbocycles. The predicted octanol–water partition coefficient (Wildman–Crippen LogP) is 19.3. The van der Waals surface area contributed by atoms with E-state index in [0.29, 0.717) is 32.0 Å². The standard InChI is InChI=1S/C38H38O9.C34H26O13.C30H22O8S/c1-37(2,3)25-11-7-23(8-12-25)21-45-35(43)30-18-16-27(19-31(30)34(41)42)47-28-15-17-29(33(39)40)32(20-28)36(44)46-22-24-9-13-26(14-10-24)38(4,5)6;1-43-31(39)21-7-3-19(4-8-21)17-45-33(41)26-14-12-23(15-27(26)30(37)38)47-24-11-13-25(29(35)36)28(16-24)34(42)46-18-20-5-9-22(10-6-20)32(40)44-2;31-27(32)23-13-11-22(16-26(23)30(36)38-18-20-9-5-2-6-10-20)39-21-12-14-24(25(15-21)28(33)34)29(35)37-17-19-7-3-1-4-8-19/h7-20H,21-22H2,1-6H3,(H,39,40)(H,41,42);3-16H,17-18H2,1-2H3,(H,35,36)(H,37,38);1-16H,17-18H2,(H,31,32)(H,33,34). The first-order valence-corrected chi connectivity index (χ1v) is 41.1. The second kappa shape index (κ2) is 45.2. The lowest BCUT2D eigenvalue weighted by atomic mass is 9.87. The molecule has 30 nitrogen and oxygen atoms in total. The van der Waals surface area contributed by atoms with Gasteiger partial charge >= 0.3 is 83.6 Å². The molecule has 12 aromatic carbocycles. The third-order valence-corrected chi connectivity index (χ3v) is 20.6. The lowest BCUT2D eigenvalue weighted by molar-refractivity contribution is 0.0457. The van der Waals surface area contributed by atoms with Gasteiger partial charge < -0.3 is 78.0 Å². The van der Waals surface area contributed by atoms with Crippen LogP contribution < -0.4 is 9.47 Å². The summed E-state index contributed by atoms with van der Waals surface area (Å²) in [5, 5.41) is 58.1. The van der Waals surface area contributed by atoms with Gasteiger partial charge in [0.2, 0.25) is 0 Å². The smallest absolute Gasteiger partial charge is 0.339 e. The molecule has 0 aliphatic rings. The van der Waals surface area contributed by atoms with Crippen molar-refractivity contribution in [2.75, 3.05) is 14.2 Å². The number of esters is 8. The highest BCUT2D eigenvalue weighted by atomic mass is 32.2. The molecule has 0 unspecified atom stereocenters. The SMILES string of the molecule is CC(C)(C)c1ccc(COC(=O)c2ccc(Oc3ccc(C(=O)O)c(C(=O)OCc4ccc(C(C)(C)C)cc4)c3)cc2C(=O)O)cc1.COC(=O)c1ccc(COC(=O)c2ccc(Oc3ccc(C(=O)O)c(C(=O)OCc4ccc(C(=O)OC)cc4)c3)cc2C(=O)O)cc1.O=C(O)c1cc(Sc2ccc(C(=O)O)c(C(=O)OCc3ccccc3)c2)ccc1C(=O)OCc1ccccc1. The summed E-state index contributed by atoms with van der Waals surface area (Å²) in [6, 6.07) is 68.3. The maximum Gasteiger partial charge on any atom is 0.339 e. The van der Waals surface area contributed by atoms with E-state index in [1.54, 1.807) is 78.9 Å². The second-order valence-corrected chi connectivity index (χ2v) is 32.2. The number of carbonyl (C=O) groups excluding carboxylic acids is 8. The first kappa shape index (κ1) is 98.3. The Labute approximate surface area is 764 Å². The van der Waals surface area contributed by atoms with Gasteiger partial charge in [0.05, 0.1) is 92.1 Å². The van der Waals surface area contributed by atoms with Crippen LogP contribution in [0.4, 0.5) is 0 Å². The zero-order valence-corrected chi connectivity index (χ0v) is 73.4. The summed E-state index contributed by atoms with van der Waals surface area (Å²) in [7, 11) is 2.49. The number of aromatic carboxylic acids is 6. The number of carboxylic acids is 6. The van der Waals surface area contributed by atoms with Crippen molar-refractivity contribution in [1.82, 2.24) is 0 Å². The highest BCUT2D eigenvalue weighted by Gasteiger charge is 2.28. The first-order valence-electron chi connectivity index (χ1n) is 40.3. The van der Waals surface area contributed by atoms with Crippen molar-refractivity contribution in [3.63, 3.8) is 0 Å². The quantitative estimate of drug-likeness (QED) is 0.0168. The monoisotopic (exact) mass is 1820 g/mol. The average molecular weight is 1820 g/mol. The van der Waals surface area contributed by atoms with Gasteiger partial charge in [-0.25, -0.2) is 67.1 Å². The molecule has 0 heterocycles. The fraction of sp³-hybridized carbons (Fsp3) is 0.157. The molecule has 0 bridgehead atoms. The molecule has 680 valence electrons. The Morgan fingerprint density at radius 1 is 0.233 bits per heavy atom. The fourth-order valence-electron chi connectivity index (χ4n) is 12.5. The van der Waals surface area contributed by atoms with Crippen molar-refractivity contribution in [2.45, 2.75) is 102 Å². The summed E-state index contributed by atoms with van der Waals surface area (Å²) in [4.78, 5) is 172. The lowest BCUT2D eigenvalue weighted by Gasteiger charge is -2.19. The van der Waals surface area contributed by atoms with Crippen LogP contribution in [0.3, 0.4) is 0 Å². The number of hydrogen-bond donors (Lipinski definition) is 6. The molecule has 0 spiro atoms. The van der Waals surface area contributed by atoms with E-state index in [2.05, 4.69) is 51.0 Å². The van der Waals surface area contributed by atoms with Crippen LogP contribution in [0.2, 0.25) is 0 Å². The zero-order valence-electron chi connectivity index (χ0n) is 72.5. The van der Waals surface area contributed by atoms with Crippen molar-refractivity contribution in [3.8, 4) is 23.0 Å². The van der Waals surface area contributed by atoms with Crippen LogP contribution in [0.15, 0.2) is 277 Å². The van der Waals surface area contributed by atoms with E-state index in [1.807, 2.05) is 60.7 Å². The summed E-state index contributed by atoms with van der Waals surface area (Å²) < 4.78 is 52.7. The van der Waals surface area contributed by atoms with E-state index in [0.717, 1.165) is 69.4 Å². The molecule has 12 aromatic rings. The number of methoxy groups -OCH3 is 2. The molecule has 6 N–H and O–H groups in total. The Bertz CT molecular complexity index is 6370. The molecular weight excluding hydrogens is 1740 g/mol. The van der Waals surface area contributed by atoms with Gasteiger partial charge in [-0.1, -0.05) is 187 Å². The molecular formula is C102H86O30S. The Morgan fingerprint density at radius 3 is 0.722 bits per heavy atom. The number of hydrogen-bond acceptors (Lipinski definition) is 25. The molecule has 0 aromatic heterocycles. The summed E-state index contributed by atoms with van der Waals surface area (Å²) in [5.74, 6) is -14.4. The van der Waals surface area contributed by atoms with Crippen LogP contribution >= 0.6 is 11.8 Å². The largest absolute Gasteiger partial charge is 0.478 e. The van der Waals surface area contributed by atoms with Crippen molar-refractivity contribution in [2.24, 2.45) is 0 Å². The average Bonchev–Trinajstić information content (AvgIpc) is 0.813. The Kier molecular flexibility index (Phi) is 33.5. The lowest BCUT2D eigenvalue weighted by Crippen LogP contribution is -2.13. The van der Waals surface area contributed by atoms with Gasteiger partial charge in [0.15, 0.2) is 0 Å². The number of rotatable bonds is 32. The van der Waals surface area contributed by atoms with Crippen LogP contribution in [-0.4, -0.2) is 128 Å². The molecule has 0 fully saturated rings. The minimum Gasteiger partial charge on any atom is -0.478 e. The molecule has 0 aliphatic carbocycles. The van der Waals surface area contributed by atoms with E-state index in [1.165, 1.54) is 117 Å². The van der Waals surface area contributed by atoms with Gasteiger partial charge in [0.1, 0.15) is 62.6 Å². The molecule has 0 radical (unpaired) electrons. The van der Waals surface area contributed by atoms with Gasteiger partial charge in [-0.15, -0.1) is 0 Å². The normalized spacial score (nSPS) is 10.8.